The van der Waals surface area contributed by atoms with E-state index in [1.54, 1.807) is 18.5 Å². The van der Waals surface area contributed by atoms with Crippen LogP contribution in [0.1, 0.15) is 50.5 Å². The maximum Gasteiger partial charge on any atom is 0.273 e. The van der Waals surface area contributed by atoms with Crippen molar-refractivity contribution in [2.24, 2.45) is 16.7 Å². The third kappa shape index (κ3) is 2.10. The normalized spacial score (nSPS) is 30.5. The molecule has 0 aliphatic heterocycles. The minimum atomic E-state index is -0.145. The van der Waals surface area contributed by atoms with Crippen LogP contribution < -0.4 is 5.32 Å². The van der Waals surface area contributed by atoms with Crippen molar-refractivity contribution >= 4 is 5.91 Å². The van der Waals surface area contributed by atoms with Gasteiger partial charge in [-0.2, -0.15) is 0 Å². The van der Waals surface area contributed by atoms with Crippen LogP contribution in [0.4, 0.5) is 0 Å². The molecule has 2 aromatic heterocycles. The summed E-state index contributed by atoms with van der Waals surface area (Å²) in [6.07, 6.45) is 6.89. The van der Waals surface area contributed by atoms with Gasteiger partial charge in [-0.25, -0.2) is 0 Å². The highest BCUT2D eigenvalue weighted by Gasteiger charge is 2.61. The van der Waals surface area contributed by atoms with Crippen LogP contribution >= 0.6 is 0 Å². The van der Waals surface area contributed by atoms with Gasteiger partial charge in [0.1, 0.15) is 0 Å². The second-order valence-electron chi connectivity index (χ2n) is 7.95. The molecule has 24 heavy (non-hydrogen) atoms. The summed E-state index contributed by atoms with van der Waals surface area (Å²) in [6.45, 7) is 7.00. The maximum atomic E-state index is 12.6. The third-order valence-corrected chi connectivity index (χ3v) is 6.81. The molecule has 3 atom stereocenters. The average molecular weight is 325 g/mol. The molecule has 0 aromatic carbocycles. The molecule has 1 amide bonds. The van der Waals surface area contributed by atoms with E-state index in [0.717, 1.165) is 12.0 Å². The number of carbonyl (C=O) groups excluding carboxylic acids is 1. The first-order valence-electron chi connectivity index (χ1n) is 8.60. The SMILES string of the molecule is CC1(C)C2CCC1(C)C(NC(=O)c1cc(-c3ccncc3)on1)C2. The molecule has 0 radical (unpaired) electrons. The first kappa shape index (κ1) is 15.4. The summed E-state index contributed by atoms with van der Waals surface area (Å²) in [5, 5.41) is 7.16. The number of aromatic nitrogens is 2. The Labute approximate surface area is 141 Å². The fourth-order valence-corrected chi connectivity index (χ4v) is 4.69. The van der Waals surface area contributed by atoms with Crippen molar-refractivity contribution in [1.29, 1.82) is 0 Å². The van der Waals surface area contributed by atoms with Crippen LogP contribution in [0.3, 0.4) is 0 Å². The standard InChI is InChI=1S/C19H23N3O2/c1-18(2)13-4-7-19(18,3)16(10-13)21-17(23)14-11-15(24-22-14)12-5-8-20-9-6-12/h5-6,8-9,11,13,16H,4,7,10H2,1-3H3,(H,21,23). The Morgan fingerprint density at radius 1 is 1.29 bits per heavy atom. The molecule has 4 rings (SSSR count). The molecule has 2 aliphatic rings. The Bertz CT molecular complexity index is 768. The molecule has 2 bridgehead atoms. The Hall–Kier alpha value is -2.17. The Kier molecular flexibility index (Phi) is 3.31. The fraction of sp³-hybridized carbons (Fsp3) is 0.526. The van der Waals surface area contributed by atoms with Crippen LogP contribution in [0.2, 0.25) is 0 Å². The Morgan fingerprint density at radius 2 is 2.04 bits per heavy atom. The predicted molar refractivity (Wildman–Crippen MR) is 90.2 cm³/mol. The number of nitrogens with zero attached hydrogens (tertiary/aromatic N) is 2. The van der Waals surface area contributed by atoms with Crippen molar-refractivity contribution in [3.63, 3.8) is 0 Å². The number of hydrogen-bond acceptors (Lipinski definition) is 4. The smallest absolute Gasteiger partial charge is 0.273 e. The van der Waals surface area contributed by atoms with E-state index in [-0.39, 0.29) is 22.8 Å². The largest absolute Gasteiger partial charge is 0.355 e. The van der Waals surface area contributed by atoms with Crippen molar-refractivity contribution in [3.8, 4) is 11.3 Å². The molecule has 0 spiro atoms. The molecule has 5 nitrogen and oxygen atoms in total. The molecular weight excluding hydrogens is 302 g/mol. The Balaban J connectivity index is 1.51. The van der Waals surface area contributed by atoms with Gasteiger partial charge < -0.3 is 9.84 Å². The summed E-state index contributed by atoms with van der Waals surface area (Å²) in [7, 11) is 0. The van der Waals surface area contributed by atoms with Crippen molar-refractivity contribution in [1.82, 2.24) is 15.5 Å². The summed E-state index contributed by atoms with van der Waals surface area (Å²) in [5.41, 5.74) is 1.64. The van der Waals surface area contributed by atoms with E-state index < -0.39 is 0 Å². The monoisotopic (exact) mass is 325 g/mol. The number of nitrogens with one attached hydrogen (secondary N) is 1. The molecule has 2 aromatic rings. The lowest BCUT2D eigenvalue weighted by molar-refractivity contribution is 0.0818. The van der Waals surface area contributed by atoms with Crippen molar-refractivity contribution < 1.29 is 9.32 Å². The molecule has 2 aliphatic carbocycles. The second kappa shape index (κ2) is 5.16. The maximum absolute atomic E-state index is 12.6. The van der Waals surface area contributed by atoms with Gasteiger partial charge in [-0.3, -0.25) is 9.78 Å². The van der Waals surface area contributed by atoms with E-state index in [1.807, 2.05) is 12.1 Å². The molecule has 2 fully saturated rings. The number of amides is 1. The van der Waals surface area contributed by atoms with Gasteiger partial charge in [0.2, 0.25) is 0 Å². The lowest BCUT2D eigenvalue weighted by Gasteiger charge is -2.39. The van der Waals surface area contributed by atoms with Crippen LogP contribution in [-0.4, -0.2) is 22.1 Å². The Morgan fingerprint density at radius 3 is 2.67 bits per heavy atom. The van der Waals surface area contributed by atoms with E-state index in [9.17, 15) is 4.79 Å². The number of hydrogen-bond donors (Lipinski definition) is 1. The van der Waals surface area contributed by atoms with E-state index in [0.29, 0.717) is 17.4 Å². The van der Waals surface area contributed by atoms with Gasteiger partial charge in [0.15, 0.2) is 11.5 Å². The summed E-state index contributed by atoms with van der Waals surface area (Å²) in [4.78, 5) is 16.6. The van der Waals surface area contributed by atoms with Crippen LogP contribution in [0.5, 0.6) is 0 Å². The summed E-state index contributed by atoms with van der Waals surface area (Å²) >= 11 is 0. The van der Waals surface area contributed by atoms with E-state index >= 15 is 0 Å². The van der Waals surface area contributed by atoms with E-state index in [2.05, 4.69) is 36.2 Å². The molecule has 1 N–H and O–H groups in total. The third-order valence-electron chi connectivity index (χ3n) is 6.81. The average Bonchev–Trinajstić information content (AvgIpc) is 3.19. The summed E-state index contributed by atoms with van der Waals surface area (Å²) in [5.74, 6) is 1.13. The highest BCUT2D eigenvalue weighted by atomic mass is 16.5. The van der Waals surface area contributed by atoms with Gasteiger partial charge in [-0.15, -0.1) is 0 Å². The van der Waals surface area contributed by atoms with Crippen molar-refractivity contribution in [3.05, 3.63) is 36.3 Å². The van der Waals surface area contributed by atoms with Gasteiger partial charge in [-0.05, 0) is 48.1 Å². The molecule has 2 heterocycles. The summed E-state index contributed by atoms with van der Waals surface area (Å²) in [6, 6.07) is 5.58. The zero-order valence-corrected chi connectivity index (χ0v) is 14.4. The van der Waals surface area contributed by atoms with E-state index in [1.165, 1.54) is 12.8 Å². The highest BCUT2D eigenvalue weighted by Crippen LogP contribution is 2.65. The zero-order valence-electron chi connectivity index (χ0n) is 14.4. The second-order valence-corrected chi connectivity index (χ2v) is 7.95. The quantitative estimate of drug-likeness (QED) is 0.934. The van der Waals surface area contributed by atoms with Crippen molar-refractivity contribution in [2.75, 3.05) is 0 Å². The topological polar surface area (TPSA) is 68.0 Å². The van der Waals surface area contributed by atoms with Crippen molar-refractivity contribution in [2.45, 2.75) is 46.1 Å². The van der Waals surface area contributed by atoms with Crippen LogP contribution in [-0.2, 0) is 0 Å². The molecule has 126 valence electrons. The first-order chi connectivity index (χ1) is 11.4. The van der Waals surface area contributed by atoms with Crippen LogP contribution in [0.15, 0.2) is 35.1 Å². The van der Waals surface area contributed by atoms with Gasteiger partial charge in [0.05, 0.1) is 0 Å². The van der Waals surface area contributed by atoms with Crippen LogP contribution in [0.25, 0.3) is 11.3 Å². The minimum absolute atomic E-state index is 0.145. The van der Waals surface area contributed by atoms with Gasteiger partial charge in [-0.1, -0.05) is 25.9 Å². The fourth-order valence-electron chi connectivity index (χ4n) is 4.69. The summed E-state index contributed by atoms with van der Waals surface area (Å²) < 4.78 is 5.33. The number of pyridine rings is 1. The number of carbonyl (C=O) groups is 1. The minimum Gasteiger partial charge on any atom is -0.355 e. The molecule has 5 heteroatoms. The van der Waals surface area contributed by atoms with Crippen LogP contribution in [0, 0.1) is 16.7 Å². The molecule has 3 unspecified atom stereocenters. The highest BCUT2D eigenvalue weighted by molar-refractivity contribution is 5.93. The molecule has 0 saturated heterocycles. The lowest BCUT2D eigenvalue weighted by Crippen LogP contribution is -2.46. The van der Waals surface area contributed by atoms with E-state index in [4.69, 9.17) is 4.52 Å². The molecular formula is C19H23N3O2. The van der Waals surface area contributed by atoms with Gasteiger partial charge in [0, 0.05) is 30.1 Å². The lowest BCUT2D eigenvalue weighted by atomic mass is 9.69. The zero-order chi connectivity index (χ0) is 16.9. The van der Waals surface area contributed by atoms with Gasteiger partial charge in [0.25, 0.3) is 5.91 Å². The first-order valence-corrected chi connectivity index (χ1v) is 8.60. The number of rotatable bonds is 3. The predicted octanol–water partition coefficient (Wildman–Crippen LogP) is 3.68. The molecule has 2 saturated carbocycles. The number of fused-ring (bicyclic) bond motifs is 2. The van der Waals surface area contributed by atoms with Gasteiger partial charge >= 0.3 is 0 Å².